The Morgan fingerprint density at radius 2 is 2.18 bits per heavy atom. The molecule has 0 radical (unpaired) electrons. The Bertz CT molecular complexity index is 1260. The lowest BCUT2D eigenvalue weighted by Crippen LogP contribution is -2.48. The lowest BCUT2D eigenvalue weighted by atomic mass is 9.92. The highest BCUT2D eigenvalue weighted by Gasteiger charge is 2.36. The van der Waals surface area contributed by atoms with Crippen LogP contribution in [0.5, 0.6) is 0 Å². The third kappa shape index (κ3) is 7.18. The molecule has 2 aliphatic heterocycles. The molecule has 2 aromatic rings. The molecule has 2 N–H and O–H groups in total. The van der Waals surface area contributed by atoms with Crippen LogP contribution in [-0.2, 0) is 14.3 Å². The highest BCUT2D eigenvalue weighted by Crippen LogP contribution is 2.37. The number of halogens is 3. The fraction of sp³-hybridized carbons (Fsp3) is 0.462. The summed E-state index contributed by atoms with van der Waals surface area (Å²) in [7, 11) is 1.66. The van der Waals surface area contributed by atoms with Crippen LogP contribution in [0.1, 0.15) is 30.0 Å². The summed E-state index contributed by atoms with van der Waals surface area (Å²) in [6.45, 7) is 2.85. The molecule has 0 bridgehead atoms. The molecule has 210 valence electrons. The molecule has 1 fully saturated rings. The van der Waals surface area contributed by atoms with Gasteiger partial charge < -0.3 is 15.2 Å². The number of nitrogens with zero attached hydrogens (tertiary/aromatic N) is 4. The largest absolute Gasteiger partial charge is 0.480 e. The van der Waals surface area contributed by atoms with Gasteiger partial charge in [-0.25, -0.2) is 18.6 Å². The number of aliphatic imine (C=N–C) groups is 1. The number of aromatic nitrogens is 1. The number of ether oxygens (including phenoxy) is 1. The van der Waals surface area contributed by atoms with E-state index in [1.54, 1.807) is 30.4 Å². The summed E-state index contributed by atoms with van der Waals surface area (Å²) in [5.74, 6) is -1.97. The van der Waals surface area contributed by atoms with Crippen LogP contribution >= 0.6 is 22.9 Å². The van der Waals surface area contributed by atoms with E-state index in [-0.39, 0.29) is 42.8 Å². The second-order valence-electron chi connectivity index (χ2n) is 9.51. The molecule has 3 heterocycles. The predicted octanol–water partition coefficient (Wildman–Crippen LogP) is 3.52. The van der Waals surface area contributed by atoms with Gasteiger partial charge in [0.15, 0.2) is 10.8 Å². The summed E-state index contributed by atoms with van der Waals surface area (Å²) >= 11 is 7.77. The minimum atomic E-state index is -1.18. The summed E-state index contributed by atoms with van der Waals surface area (Å²) in [6.07, 6.45) is 0.974. The Morgan fingerprint density at radius 3 is 2.82 bits per heavy atom. The van der Waals surface area contributed by atoms with E-state index in [0.717, 1.165) is 0 Å². The maximum absolute atomic E-state index is 15.2. The molecule has 0 amide bonds. The molecule has 3 atom stereocenters. The fourth-order valence-corrected chi connectivity index (χ4v) is 5.71. The SMILES string of the molecule is CCOC(=O)C1=C(CN2CCC(CN(C)CC(=O)O)C(F)C2)NC(c2nccs2)=NC1c1ccc(F)cc1Cl. The molecule has 0 spiro atoms. The first-order valence-corrected chi connectivity index (χ1v) is 13.8. The number of alkyl halides is 1. The molecule has 1 aromatic carbocycles. The number of likely N-dealkylation sites (tertiary alicyclic amines) is 1. The van der Waals surface area contributed by atoms with Crippen LogP contribution in [0, 0.1) is 11.7 Å². The second-order valence-corrected chi connectivity index (χ2v) is 10.8. The number of amidine groups is 1. The van der Waals surface area contributed by atoms with E-state index in [1.807, 2.05) is 4.90 Å². The number of hydrogen-bond donors (Lipinski definition) is 2. The number of likely N-dealkylation sites (N-methyl/N-ethyl adjacent to an activating group) is 1. The monoisotopic (exact) mass is 581 g/mol. The summed E-state index contributed by atoms with van der Waals surface area (Å²) in [5, 5.41) is 14.7. The number of carboxylic acids is 1. The van der Waals surface area contributed by atoms with Crippen LogP contribution in [0.3, 0.4) is 0 Å². The summed E-state index contributed by atoms with van der Waals surface area (Å²) in [4.78, 5) is 36.8. The van der Waals surface area contributed by atoms with Crippen LogP contribution in [0.25, 0.3) is 0 Å². The smallest absolute Gasteiger partial charge is 0.338 e. The summed E-state index contributed by atoms with van der Waals surface area (Å²) in [5.41, 5.74) is 1.12. The normalized spacial score (nSPS) is 22.0. The fourth-order valence-electron chi connectivity index (χ4n) is 4.85. The lowest BCUT2D eigenvalue weighted by Gasteiger charge is -2.37. The Hall–Kier alpha value is -2.93. The van der Waals surface area contributed by atoms with Gasteiger partial charge in [-0.2, -0.15) is 0 Å². The van der Waals surface area contributed by atoms with Crippen LogP contribution in [0.15, 0.2) is 46.0 Å². The van der Waals surface area contributed by atoms with Crippen molar-refractivity contribution in [1.29, 1.82) is 0 Å². The molecule has 4 rings (SSSR count). The standard InChI is InChI=1S/C26H30ClF2N5O4S/c1-3-38-26(37)22-20(13-34-8-6-15(19(29)12-34)11-33(2)14-21(35)36)31-24(25-30-7-9-39-25)32-23(22)17-5-4-16(28)10-18(17)27/h4-5,7,9-10,15,19,23H,3,6,8,11-14H2,1-2H3,(H,31,32)(H,35,36). The van der Waals surface area contributed by atoms with E-state index in [2.05, 4.69) is 10.3 Å². The summed E-state index contributed by atoms with van der Waals surface area (Å²) in [6, 6.07) is 3.02. The van der Waals surface area contributed by atoms with E-state index in [9.17, 15) is 14.0 Å². The number of piperidine rings is 1. The summed E-state index contributed by atoms with van der Waals surface area (Å²) < 4.78 is 34.5. The number of carboxylic acid groups (broad SMARTS) is 1. The third-order valence-electron chi connectivity index (χ3n) is 6.61. The van der Waals surface area contributed by atoms with Gasteiger partial charge >= 0.3 is 11.9 Å². The van der Waals surface area contributed by atoms with Crippen molar-refractivity contribution in [1.82, 2.24) is 20.1 Å². The molecule has 39 heavy (non-hydrogen) atoms. The van der Waals surface area contributed by atoms with E-state index >= 15 is 4.39 Å². The molecular formula is C26H30ClF2N5O4S. The van der Waals surface area contributed by atoms with E-state index in [0.29, 0.717) is 41.6 Å². The molecule has 2 aliphatic rings. The molecule has 1 saturated heterocycles. The Balaban J connectivity index is 1.64. The van der Waals surface area contributed by atoms with Gasteiger partial charge in [-0.1, -0.05) is 17.7 Å². The number of esters is 1. The number of carbonyl (C=O) groups excluding carboxylic acids is 1. The predicted molar refractivity (Wildman–Crippen MR) is 144 cm³/mol. The first-order valence-electron chi connectivity index (χ1n) is 12.5. The average Bonchev–Trinajstić information content (AvgIpc) is 3.40. The number of thiazole rings is 1. The van der Waals surface area contributed by atoms with Crippen molar-refractivity contribution in [2.75, 3.05) is 46.4 Å². The topological polar surface area (TPSA) is 107 Å². The molecule has 1 aromatic heterocycles. The van der Waals surface area contributed by atoms with Gasteiger partial charge in [-0.3, -0.25) is 19.6 Å². The molecule has 3 unspecified atom stereocenters. The van der Waals surface area contributed by atoms with Gasteiger partial charge in [0.2, 0.25) is 0 Å². The second kappa shape index (κ2) is 12.9. The van der Waals surface area contributed by atoms with Gasteiger partial charge in [0, 0.05) is 53.4 Å². The Morgan fingerprint density at radius 1 is 1.38 bits per heavy atom. The number of rotatable bonds is 10. The minimum absolute atomic E-state index is 0.110. The van der Waals surface area contributed by atoms with Crippen LogP contribution < -0.4 is 5.32 Å². The van der Waals surface area contributed by atoms with Crippen molar-refractivity contribution in [3.63, 3.8) is 0 Å². The van der Waals surface area contributed by atoms with E-state index in [1.165, 1.54) is 29.5 Å². The van der Waals surface area contributed by atoms with Crippen molar-refractivity contribution in [3.05, 3.63) is 62.5 Å². The lowest BCUT2D eigenvalue weighted by molar-refractivity contribution is -0.139. The van der Waals surface area contributed by atoms with Crippen molar-refractivity contribution in [2.45, 2.75) is 25.6 Å². The highest BCUT2D eigenvalue weighted by molar-refractivity contribution is 7.11. The number of nitrogens with one attached hydrogen (secondary N) is 1. The first kappa shape index (κ1) is 29.1. The zero-order valence-electron chi connectivity index (χ0n) is 21.6. The van der Waals surface area contributed by atoms with Crippen molar-refractivity contribution >= 4 is 40.7 Å². The first-order chi connectivity index (χ1) is 18.7. The zero-order chi connectivity index (χ0) is 28.1. The highest BCUT2D eigenvalue weighted by atomic mass is 35.5. The Labute approximate surface area is 234 Å². The third-order valence-corrected chi connectivity index (χ3v) is 7.71. The molecule has 9 nitrogen and oxygen atoms in total. The zero-order valence-corrected chi connectivity index (χ0v) is 23.1. The van der Waals surface area contributed by atoms with E-state index in [4.69, 9.17) is 26.4 Å². The molecule has 13 heteroatoms. The van der Waals surface area contributed by atoms with Gasteiger partial charge in [0.25, 0.3) is 0 Å². The van der Waals surface area contributed by atoms with Crippen LogP contribution in [0.2, 0.25) is 5.02 Å². The van der Waals surface area contributed by atoms with Crippen molar-refractivity contribution in [3.8, 4) is 0 Å². The quantitative estimate of drug-likeness (QED) is 0.411. The van der Waals surface area contributed by atoms with Gasteiger partial charge in [-0.15, -0.1) is 11.3 Å². The van der Waals surface area contributed by atoms with Crippen molar-refractivity contribution < 1.29 is 28.2 Å². The maximum Gasteiger partial charge on any atom is 0.338 e. The molecule has 0 aliphatic carbocycles. The number of aliphatic carboxylic acids is 1. The van der Waals surface area contributed by atoms with Gasteiger partial charge in [0.05, 0.1) is 18.7 Å². The van der Waals surface area contributed by atoms with Gasteiger partial charge in [0.1, 0.15) is 18.0 Å². The van der Waals surface area contributed by atoms with Gasteiger partial charge in [-0.05, 0) is 39.1 Å². The maximum atomic E-state index is 15.2. The Kier molecular flexibility index (Phi) is 9.65. The number of hydrogen-bond acceptors (Lipinski definition) is 9. The van der Waals surface area contributed by atoms with Crippen LogP contribution in [0.4, 0.5) is 8.78 Å². The van der Waals surface area contributed by atoms with Crippen molar-refractivity contribution in [2.24, 2.45) is 10.9 Å². The molecule has 0 saturated carbocycles. The number of benzene rings is 1. The van der Waals surface area contributed by atoms with Crippen LogP contribution in [-0.4, -0.2) is 90.2 Å². The number of carbonyl (C=O) groups is 2. The van der Waals surface area contributed by atoms with E-state index < -0.39 is 30.0 Å². The average molecular weight is 582 g/mol. The molecular weight excluding hydrogens is 552 g/mol. The minimum Gasteiger partial charge on any atom is -0.480 e.